The number of carbonyl (C=O) groups is 1. The number of piperidine rings is 1. The van der Waals surface area contributed by atoms with Crippen molar-refractivity contribution in [2.45, 2.75) is 25.8 Å². The molecule has 2 aliphatic heterocycles. The Morgan fingerprint density at radius 2 is 2.24 bits per heavy atom. The number of benzene rings is 1. The lowest BCUT2D eigenvalue weighted by Crippen LogP contribution is -2.41. The van der Waals surface area contributed by atoms with Crippen molar-refractivity contribution in [2.24, 2.45) is 5.92 Å². The van der Waals surface area contributed by atoms with Crippen LogP contribution in [0.5, 0.6) is 0 Å². The van der Waals surface area contributed by atoms with Gasteiger partial charge in [0.05, 0.1) is 4.92 Å². The molecule has 6 heteroatoms. The van der Waals surface area contributed by atoms with E-state index in [1.165, 1.54) is 6.07 Å². The summed E-state index contributed by atoms with van der Waals surface area (Å²) in [5, 5.41) is 14.6. The topological polar surface area (TPSA) is 75.5 Å². The molecule has 1 aromatic carbocycles. The second-order valence-electron chi connectivity index (χ2n) is 5.90. The maximum absolute atomic E-state index is 12.7. The minimum Gasteiger partial charge on any atom is -0.337 e. The third-order valence-electron chi connectivity index (χ3n) is 4.55. The lowest BCUT2D eigenvalue weighted by molar-refractivity contribution is -0.385. The standard InChI is InChI=1S/C15H19N3O3/c1-10-4-2-6-13(18(20)21)14(10)15(19)17-8-11-5-3-7-16-12(11)9-17/h2,4,6,11-12,16H,3,5,7-9H2,1H3. The van der Waals surface area contributed by atoms with Gasteiger partial charge >= 0.3 is 0 Å². The van der Waals surface area contributed by atoms with Gasteiger partial charge in [0, 0.05) is 25.2 Å². The van der Waals surface area contributed by atoms with Crippen LogP contribution in [0.3, 0.4) is 0 Å². The number of nitro groups is 1. The van der Waals surface area contributed by atoms with Gasteiger partial charge in [0.15, 0.2) is 0 Å². The summed E-state index contributed by atoms with van der Waals surface area (Å²) in [6, 6.07) is 5.12. The molecule has 0 saturated carbocycles. The zero-order valence-corrected chi connectivity index (χ0v) is 12.0. The van der Waals surface area contributed by atoms with Crippen LogP contribution in [0.25, 0.3) is 0 Å². The zero-order valence-electron chi connectivity index (χ0n) is 12.0. The number of amides is 1. The van der Waals surface area contributed by atoms with Crippen molar-refractivity contribution in [2.75, 3.05) is 19.6 Å². The third kappa shape index (κ3) is 2.51. The van der Waals surface area contributed by atoms with Gasteiger partial charge in [0.2, 0.25) is 0 Å². The van der Waals surface area contributed by atoms with E-state index in [9.17, 15) is 14.9 Å². The highest BCUT2D eigenvalue weighted by atomic mass is 16.6. The first-order valence-electron chi connectivity index (χ1n) is 7.34. The molecule has 0 spiro atoms. The summed E-state index contributed by atoms with van der Waals surface area (Å²) < 4.78 is 0. The molecule has 0 bridgehead atoms. The molecule has 21 heavy (non-hydrogen) atoms. The molecule has 2 saturated heterocycles. The molecule has 0 aliphatic carbocycles. The smallest absolute Gasteiger partial charge is 0.282 e. The lowest BCUT2D eigenvalue weighted by atomic mass is 9.94. The summed E-state index contributed by atoms with van der Waals surface area (Å²) in [7, 11) is 0. The number of nitrogens with one attached hydrogen (secondary N) is 1. The van der Waals surface area contributed by atoms with Gasteiger partial charge in [0.1, 0.15) is 5.56 Å². The van der Waals surface area contributed by atoms with Crippen molar-refractivity contribution in [1.82, 2.24) is 10.2 Å². The normalized spacial score (nSPS) is 24.7. The van der Waals surface area contributed by atoms with Crippen LogP contribution in [0.4, 0.5) is 5.69 Å². The predicted molar refractivity (Wildman–Crippen MR) is 78.3 cm³/mol. The van der Waals surface area contributed by atoms with Crippen LogP contribution in [0.1, 0.15) is 28.8 Å². The molecule has 112 valence electrons. The highest BCUT2D eigenvalue weighted by Crippen LogP contribution is 2.29. The molecule has 0 radical (unpaired) electrons. The Balaban J connectivity index is 1.88. The van der Waals surface area contributed by atoms with E-state index in [1.807, 2.05) is 0 Å². The SMILES string of the molecule is Cc1cccc([N+](=O)[O-])c1C(=O)N1CC2CCCNC2C1. The Hall–Kier alpha value is -1.95. The molecule has 3 rings (SSSR count). The van der Waals surface area contributed by atoms with Gasteiger partial charge in [-0.1, -0.05) is 12.1 Å². The van der Waals surface area contributed by atoms with Crippen molar-refractivity contribution < 1.29 is 9.72 Å². The van der Waals surface area contributed by atoms with Crippen LogP contribution in [-0.4, -0.2) is 41.4 Å². The number of likely N-dealkylation sites (tertiary alicyclic amines) is 1. The molecule has 6 nitrogen and oxygen atoms in total. The van der Waals surface area contributed by atoms with Gasteiger partial charge in [-0.25, -0.2) is 0 Å². The number of fused-ring (bicyclic) bond motifs is 1. The molecule has 2 unspecified atom stereocenters. The fourth-order valence-corrected chi connectivity index (χ4v) is 3.45. The maximum atomic E-state index is 12.7. The van der Waals surface area contributed by atoms with Crippen LogP contribution in [0, 0.1) is 23.0 Å². The summed E-state index contributed by atoms with van der Waals surface area (Å²) in [6.45, 7) is 4.09. The van der Waals surface area contributed by atoms with Crippen molar-refractivity contribution >= 4 is 11.6 Å². The van der Waals surface area contributed by atoms with Crippen molar-refractivity contribution in [1.29, 1.82) is 0 Å². The molecule has 1 N–H and O–H groups in total. The maximum Gasteiger partial charge on any atom is 0.282 e. The highest BCUT2D eigenvalue weighted by Gasteiger charge is 2.38. The van der Waals surface area contributed by atoms with E-state index >= 15 is 0 Å². The van der Waals surface area contributed by atoms with Crippen molar-refractivity contribution in [3.05, 3.63) is 39.4 Å². The molecule has 2 fully saturated rings. The fourth-order valence-electron chi connectivity index (χ4n) is 3.45. The summed E-state index contributed by atoms with van der Waals surface area (Å²) in [6.07, 6.45) is 2.25. The van der Waals surface area contributed by atoms with Gasteiger partial charge < -0.3 is 10.2 Å². The van der Waals surface area contributed by atoms with E-state index in [-0.39, 0.29) is 17.2 Å². The molecule has 2 aliphatic rings. The first kappa shape index (κ1) is 14.0. The Labute approximate surface area is 123 Å². The molecule has 1 amide bonds. The van der Waals surface area contributed by atoms with Crippen molar-refractivity contribution in [3.63, 3.8) is 0 Å². The number of rotatable bonds is 2. The fraction of sp³-hybridized carbons (Fsp3) is 0.533. The number of nitrogens with zero attached hydrogens (tertiary/aromatic N) is 2. The molecular weight excluding hydrogens is 270 g/mol. The molecule has 0 aromatic heterocycles. The molecule has 1 aromatic rings. The zero-order chi connectivity index (χ0) is 15.0. The van der Waals surface area contributed by atoms with Gasteiger partial charge in [0.25, 0.3) is 11.6 Å². The number of nitro benzene ring substituents is 1. The van der Waals surface area contributed by atoms with Gasteiger partial charge in [-0.2, -0.15) is 0 Å². The third-order valence-corrected chi connectivity index (χ3v) is 4.55. The van der Waals surface area contributed by atoms with Crippen LogP contribution in [0.2, 0.25) is 0 Å². The van der Waals surface area contributed by atoms with E-state index in [0.717, 1.165) is 19.4 Å². The monoisotopic (exact) mass is 289 g/mol. The predicted octanol–water partition coefficient (Wildman–Crippen LogP) is 1.73. The Morgan fingerprint density at radius 1 is 1.43 bits per heavy atom. The van der Waals surface area contributed by atoms with Gasteiger partial charge in [-0.3, -0.25) is 14.9 Å². The average molecular weight is 289 g/mol. The number of carbonyl (C=O) groups excluding carboxylic acids is 1. The van der Waals surface area contributed by atoms with Gasteiger partial charge in [-0.15, -0.1) is 0 Å². The Morgan fingerprint density at radius 3 is 2.95 bits per heavy atom. The van der Waals surface area contributed by atoms with E-state index in [4.69, 9.17) is 0 Å². The van der Waals surface area contributed by atoms with E-state index < -0.39 is 4.92 Å². The largest absolute Gasteiger partial charge is 0.337 e. The average Bonchev–Trinajstić information content (AvgIpc) is 2.90. The van der Waals surface area contributed by atoms with Crippen LogP contribution in [0.15, 0.2) is 18.2 Å². The van der Waals surface area contributed by atoms with Crippen LogP contribution >= 0.6 is 0 Å². The second kappa shape index (κ2) is 5.44. The first-order chi connectivity index (χ1) is 10.1. The quantitative estimate of drug-likeness (QED) is 0.664. The Kier molecular flexibility index (Phi) is 3.63. The summed E-state index contributed by atoms with van der Waals surface area (Å²) in [5.41, 5.74) is 0.806. The highest BCUT2D eigenvalue weighted by molar-refractivity contribution is 5.99. The van der Waals surface area contributed by atoms with Crippen LogP contribution < -0.4 is 5.32 Å². The summed E-state index contributed by atoms with van der Waals surface area (Å²) in [5.74, 6) is 0.266. The van der Waals surface area contributed by atoms with Gasteiger partial charge in [-0.05, 0) is 37.8 Å². The number of hydrogen-bond acceptors (Lipinski definition) is 4. The lowest BCUT2D eigenvalue weighted by Gasteiger charge is -2.24. The van der Waals surface area contributed by atoms with E-state index in [1.54, 1.807) is 24.0 Å². The molecule has 2 atom stereocenters. The van der Waals surface area contributed by atoms with E-state index in [0.29, 0.717) is 30.6 Å². The number of aryl methyl sites for hydroxylation is 1. The second-order valence-corrected chi connectivity index (χ2v) is 5.90. The minimum absolute atomic E-state index is 0.0946. The first-order valence-corrected chi connectivity index (χ1v) is 7.34. The summed E-state index contributed by atoms with van der Waals surface area (Å²) in [4.78, 5) is 25.2. The summed E-state index contributed by atoms with van der Waals surface area (Å²) >= 11 is 0. The van der Waals surface area contributed by atoms with Crippen LogP contribution in [-0.2, 0) is 0 Å². The number of hydrogen-bond donors (Lipinski definition) is 1. The molecular formula is C15H19N3O3. The minimum atomic E-state index is -0.471. The Bertz CT molecular complexity index is 574. The molecule has 2 heterocycles. The van der Waals surface area contributed by atoms with E-state index in [2.05, 4.69) is 5.32 Å². The van der Waals surface area contributed by atoms with Crippen molar-refractivity contribution in [3.8, 4) is 0 Å².